The second-order valence-electron chi connectivity index (χ2n) is 5.07. The first-order valence-corrected chi connectivity index (χ1v) is 7.67. The Morgan fingerprint density at radius 1 is 1.21 bits per heavy atom. The molecule has 0 radical (unpaired) electrons. The molecule has 0 atom stereocenters. The zero-order valence-electron chi connectivity index (χ0n) is 13.3. The summed E-state index contributed by atoms with van der Waals surface area (Å²) in [6.45, 7) is 2.49. The highest BCUT2D eigenvalue weighted by Crippen LogP contribution is 2.26. The van der Waals surface area contributed by atoms with Crippen LogP contribution in [-0.2, 0) is 0 Å². The number of hydrazone groups is 1. The second kappa shape index (κ2) is 7.37. The highest BCUT2D eigenvalue weighted by Gasteiger charge is 2.07. The van der Waals surface area contributed by atoms with E-state index in [9.17, 15) is 4.79 Å². The van der Waals surface area contributed by atoms with Gasteiger partial charge in [0.15, 0.2) is 0 Å². The average Bonchev–Trinajstić information content (AvgIpc) is 2.64. The Hall–Kier alpha value is -3.21. The Morgan fingerprint density at radius 3 is 2.88 bits per heavy atom. The van der Waals surface area contributed by atoms with Gasteiger partial charge in [-0.05, 0) is 35.9 Å². The van der Waals surface area contributed by atoms with Gasteiger partial charge < -0.3 is 4.74 Å². The van der Waals surface area contributed by atoms with Gasteiger partial charge in [0, 0.05) is 18.0 Å². The van der Waals surface area contributed by atoms with E-state index in [4.69, 9.17) is 4.74 Å². The Morgan fingerprint density at radius 2 is 2.08 bits per heavy atom. The number of benzene rings is 2. The Labute approximate surface area is 140 Å². The first-order chi connectivity index (χ1) is 11.8. The Bertz CT molecular complexity index is 876. The predicted molar refractivity (Wildman–Crippen MR) is 94.4 cm³/mol. The van der Waals surface area contributed by atoms with Crippen LogP contribution in [0.5, 0.6) is 5.75 Å². The monoisotopic (exact) mass is 319 g/mol. The van der Waals surface area contributed by atoms with Gasteiger partial charge in [-0.2, -0.15) is 5.10 Å². The standard InChI is InChI=1S/C19H17N3O2/c1-2-24-18-10-9-14-6-3-4-8-16(14)17(18)13-21-22-19(23)15-7-5-11-20-12-15/h3-13H,2H2,1H3,(H,22,23). The molecule has 1 heterocycles. The van der Waals surface area contributed by atoms with Crippen LogP contribution in [0.1, 0.15) is 22.8 Å². The normalized spacial score (nSPS) is 10.9. The zero-order valence-corrected chi connectivity index (χ0v) is 13.3. The highest BCUT2D eigenvalue weighted by atomic mass is 16.5. The first-order valence-electron chi connectivity index (χ1n) is 7.67. The van der Waals surface area contributed by atoms with Crippen molar-refractivity contribution in [2.24, 2.45) is 5.10 Å². The molecule has 0 aliphatic heterocycles. The lowest BCUT2D eigenvalue weighted by Gasteiger charge is -2.10. The Kier molecular flexibility index (Phi) is 4.81. The van der Waals surface area contributed by atoms with Crippen LogP contribution in [0.2, 0.25) is 0 Å². The van der Waals surface area contributed by atoms with E-state index >= 15 is 0 Å². The van der Waals surface area contributed by atoms with Gasteiger partial charge in [0.1, 0.15) is 5.75 Å². The molecule has 0 spiro atoms. The number of aromatic nitrogens is 1. The fourth-order valence-corrected chi connectivity index (χ4v) is 2.41. The molecule has 3 rings (SSSR count). The van der Waals surface area contributed by atoms with Gasteiger partial charge in [0.05, 0.1) is 18.4 Å². The van der Waals surface area contributed by atoms with E-state index in [1.165, 1.54) is 6.20 Å². The average molecular weight is 319 g/mol. The summed E-state index contributed by atoms with van der Waals surface area (Å²) in [6.07, 6.45) is 4.72. The summed E-state index contributed by atoms with van der Waals surface area (Å²) in [5.74, 6) is 0.424. The summed E-state index contributed by atoms with van der Waals surface area (Å²) in [6, 6.07) is 15.3. The first kappa shape index (κ1) is 15.7. The van der Waals surface area contributed by atoms with E-state index in [1.54, 1.807) is 24.5 Å². The molecule has 0 unspecified atom stereocenters. The van der Waals surface area contributed by atoms with Crippen LogP contribution < -0.4 is 10.2 Å². The highest BCUT2D eigenvalue weighted by molar-refractivity contribution is 6.03. The SMILES string of the molecule is CCOc1ccc2ccccc2c1C=NNC(=O)c1cccnc1. The minimum atomic E-state index is -0.308. The second-order valence-corrected chi connectivity index (χ2v) is 5.07. The van der Waals surface area contributed by atoms with Crippen molar-refractivity contribution < 1.29 is 9.53 Å². The molecule has 24 heavy (non-hydrogen) atoms. The maximum atomic E-state index is 12.0. The number of pyridine rings is 1. The molecule has 0 bridgehead atoms. The van der Waals surface area contributed by atoms with Gasteiger partial charge in [0.2, 0.25) is 0 Å². The van der Waals surface area contributed by atoms with Crippen molar-refractivity contribution in [3.63, 3.8) is 0 Å². The van der Waals surface area contributed by atoms with Gasteiger partial charge >= 0.3 is 0 Å². The lowest BCUT2D eigenvalue weighted by Crippen LogP contribution is -2.17. The zero-order chi connectivity index (χ0) is 16.8. The van der Waals surface area contributed by atoms with Crippen molar-refractivity contribution in [1.29, 1.82) is 0 Å². The molecule has 0 saturated heterocycles. The van der Waals surface area contributed by atoms with E-state index in [0.29, 0.717) is 12.2 Å². The summed E-state index contributed by atoms with van der Waals surface area (Å²) in [5, 5.41) is 6.18. The van der Waals surface area contributed by atoms with E-state index in [2.05, 4.69) is 15.5 Å². The number of nitrogens with one attached hydrogen (secondary N) is 1. The predicted octanol–water partition coefficient (Wildman–Crippen LogP) is 3.40. The molecular weight excluding hydrogens is 302 g/mol. The van der Waals surface area contributed by atoms with Gasteiger partial charge in [-0.25, -0.2) is 5.43 Å². The number of hydrogen-bond acceptors (Lipinski definition) is 4. The molecule has 5 heteroatoms. The van der Waals surface area contributed by atoms with Crippen LogP contribution in [0.3, 0.4) is 0 Å². The number of hydrogen-bond donors (Lipinski definition) is 1. The number of ether oxygens (including phenoxy) is 1. The molecular formula is C19H17N3O2. The van der Waals surface area contributed by atoms with Crippen LogP contribution in [0.4, 0.5) is 0 Å². The minimum absolute atomic E-state index is 0.308. The molecule has 0 saturated carbocycles. The summed E-state index contributed by atoms with van der Waals surface area (Å²) < 4.78 is 5.67. The van der Waals surface area contributed by atoms with Crippen LogP contribution in [-0.4, -0.2) is 23.7 Å². The summed E-state index contributed by atoms with van der Waals surface area (Å²) >= 11 is 0. The number of carbonyl (C=O) groups is 1. The molecule has 0 aliphatic carbocycles. The summed E-state index contributed by atoms with van der Waals surface area (Å²) in [4.78, 5) is 15.9. The van der Waals surface area contributed by atoms with Crippen molar-refractivity contribution in [1.82, 2.24) is 10.4 Å². The molecule has 3 aromatic rings. The number of carbonyl (C=O) groups excluding carboxylic acids is 1. The van der Waals surface area contributed by atoms with E-state index < -0.39 is 0 Å². The van der Waals surface area contributed by atoms with Crippen LogP contribution >= 0.6 is 0 Å². The molecule has 5 nitrogen and oxygen atoms in total. The van der Waals surface area contributed by atoms with E-state index in [1.807, 2.05) is 43.3 Å². The van der Waals surface area contributed by atoms with Crippen molar-refractivity contribution in [2.45, 2.75) is 6.92 Å². The molecule has 1 aromatic heterocycles. The molecule has 2 aromatic carbocycles. The molecule has 0 fully saturated rings. The van der Waals surface area contributed by atoms with Crippen LogP contribution in [0, 0.1) is 0 Å². The molecule has 1 amide bonds. The third-order valence-corrected chi connectivity index (χ3v) is 3.51. The third-order valence-electron chi connectivity index (χ3n) is 3.51. The third kappa shape index (κ3) is 3.41. The maximum Gasteiger partial charge on any atom is 0.272 e. The van der Waals surface area contributed by atoms with Gasteiger partial charge in [0.25, 0.3) is 5.91 Å². The van der Waals surface area contributed by atoms with Crippen molar-refractivity contribution in [3.05, 3.63) is 72.1 Å². The fourth-order valence-electron chi connectivity index (χ4n) is 2.41. The molecule has 120 valence electrons. The van der Waals surface area contributed by atoms with E-state index in [0.717, 1.165) is 22.1 Å². The molecule has 0 aliphatic rings. The number of rotatable bonds is 5. The van der Waals surface area contributed by atoms with Crippen LogP contribution in [0.25, 0.3) is 10.8 Å². The smallest absolute Gasteiger partial charge is 0.272 e. The van der Waals surface area contributed by atoms with Gasteiger partial charge in [-0.1, -0.05) is 30.3 Å². The largest absolute Gasteiger partial charge is 0.493 e. The van der Waals surface area contributed by atoms with Crippen molar-refractivity contribution >= 4 is 22.9 Å². The topological polar surface area (TPSA) is 63.6 Å². The molecule has 1 N–H and O–H groups in total. The van der Waals surface area contributed by atoms with Crippen molar-refractivity contribution in [3.8, 4) is 5.75 Å². The number of amides is 1. The lowest BCUT2D eigenvalue weighted by atomic mass is 10.0. The van der Waals surface area contributed by atoms with E-state index in [-0.39, 0.29) is 5.91 Å². The number of fused-ring (bicyclic) bond motifs is 1. The quantitative estimate of drug-likeness (QED) is 0.579. The Balaban J connectivity index is 1.88. The van der Waals surface area contributed by atoms with Gasteiger partial charge in [-0.3, -0.25) is 9.78 Å². The van der Waals surface area contributed by atoms with Crippen molar-refractivity contribution in [2.75, 3.05) is 6.61 Å². The lowest BCUT2D eigenvalue weighted by molar-refractivity contribution is 0.0954. The van der Waals surface area contributed by atoms with Gasteiger partial charge in [-0.15, -0.1) is 0 Å². The maximum absolute atomic E-state index is 12.0. The minimum Gasteiger partial charge on any atom is -0.493 e. The summed E-state index contributed by atoms with van der Waals surface area (Å²) in [7, 11) is 0. The summed E-state index contributed by atoms with van der Waals surface area (Å²) in [5.41, 5.74) is 3.81. The van der Waals surface area contributed by atoms with Crippen LogP contribution in [0.15, 0.2) is 66.0 Å². The number of nitrogens with zero attached hydrogens (tertiary/aromatic N) is 2. The fraction of sp³-hybridized carbons (Fsp3) is 0.105.